The molecule has 0 unspecified atom stereocenters. The lowest BCUT2D eigenvalue weighted by atomic mass is 10.1. The van der Waals surface area contributed by atoms with Gasteiger partial charge in [-0.25, -0.2) is 0 Å². The number of nitrogens with one attached hydrogen (secondary N) is 3. The van der Waals surface area contributed by atoms with Gasteiger partial charge >= 0.3 is 0 Å². The minimum Gasteiger partial charge on any atom is -0.332 e. The van der Waals surface area contributed by atoms with E-state index in [-0.39, 0.29) is 16.9 Å². The molecular weight excluding hydrogens is 370 g/mol. The Bertz CT molecular complexity index is 776. The van der Waals surface area contributed by atoms with Crippen LogP contribution in [0.3, 0.4) is 0 Å². The van der Waals surface area contributed by atoms with Crippen LogP contribution in [-0.2, 0) is 16.0 Å². The third kappa shape index (κ3) is 8.31. The lowest BCUT2D eigenvalue weighted by Gasteiger charge is -2.11. The Morgan fingerprint density at radius 1 is 0.821 bits per heavy atom. The Kier molecular flexibility index (Phi) is 9.15. The number of hydrogen-bond acceptors (Lipinski definition) is 3. The number of carbonyl (C=O) groups excluding carboxylic acids is 2. The number of hydrogen-bond donors (Lipinski definition) is 3. The van der Waals surface area contributed by atoms with Crippen molar-refractivity contribution >= 4 is 40.5 Å². The van der Waals surface area contributed by atoms with Crippen LogP contribution < -0.4 is 16.0 Å². The van der Waals surface area contributed by atoms with E-state index in [1.807, 2.05) is 42.5 Å². The van der Waals surface area contributed by atoms with E-state index in [0.717, 1.165) is 36.2 Å². The van der Waals surface area contributed by atoms with E-state index in [4.69, 9.17) is 12.2 Å². The Morgan fingerprint density at radius 2 is 1.46 bits per heavy atom. The molecule has 0 bridgehead atoms. The molecule has 2 amide bonds. The van der Waals surface area contributed by atoms with Crippen LogP contribution in [0.2, 0.25) is 0 Å². The molecule has 0 fully saturated rings. The minimum absolute atomic E-state index is 0.0283. The van der Waals surface area contributed by atoms with E-state index in [0.29, 0.717) is 19.3 Å². The predicted molar refractivity (Wildman–Crippen MR) is 118 cm³/mol. The lowest BCUT2D eigenvalue weighted by Crippen LogP contribution is -2.33. The molecule has 2 aromatic carbocycles. The first-order valence-electron chi connectivity index (χ1n) is 9.61. The predicted octanol–water partition coefficient (Wildman–Crippen LogP) is 4.65. The molecule has 0 saturated heterocycles. The number of unbranched alkanes of at least 4 members (excludes halogenated alkanes) is 2. The van der Waals surface area contributed by atoms with Gasteiger partial charge in [0.1, 0.15) is 0 Å². The lowest BCUT2D eigenvalue weighted by molar-refractivity contribution is -0.119. The topological polar surface area (TPSA) is 70.2 Å². The van der Waals surface area contributed by atoms with Gasteiger partial charge < -0.3 is 16.0 Å². The van der Waals surface area contributed by atoms with Crippen LogP contribution in [0.1, 0.15) is 44.6 Å². The summed E-state index contributed by atoms with van der Waals surface area (Å²) in [6, 6.07) is 17.1. The molecule has 2 rings (SSSR count). The molecule has 2 aromatic rings. The number of aryl methyl sites for hydroxylation is 1. The van der Waals surface area contributed by atoms with Crippen molar-refractivity contribution in [2.24, 2.45) is 0 Å². The fourth-order valence-electron chi connectivity index (χ4n) is 2.65. The highest BCUT2D eigenvalue weighted by Crippen LogP contribution is 2.14. The highest BCUT2D eigenvalue weighted by molar-refractivity contribution is 7.80. The fraction of sp³-hybridized carbons (Fsp3) is 0.318. The zero-order chi connectivity index (χ0) is 20.2. The molecule has 6 heteroatoms. The molecule has 0 aromatic heterocycles. The highest BCUT2D eigenvalue weighted by Gasteiger charge is 2.06. The first-order chi connectivity index (χ1) is 13.6. The van der Waals surface area contributed by atoms with Crippen molar-refractivity contribution in [3.05, 3.63) is 60.2 Å². The molecule has 0 aliphatic heterocycles. The maximum Gasteiger partial charge on any atom is 0.226 e. The number of carbonyl (C=O) groups is 2. The van der Waals surface area contributed by atoms with Crippen LogP contribution in [0.5, 0.6) is 0 Å². The van der Waals surface area contributed by atoms with Crippen LogP contribution in [-0.4, -0.2) is 16.9 Å². The summed E-state index contributed by atoms with van der Waals surface area (Å²) in [6.45, 7) is 2.10. The molecule has 5 nitrogen and oxygen atoms in total. The summed E-state index contributed by atoms with van der Waals surface area (Å²) in [5.74, 6) is -0.104. The van der Waals surface area contributed by atoms with Crippen molar-refractivity contribution in [1.82, 2.24) is 5.32 Å². The van der Waals surface area contributed by atoms with E-state index in [9.17, 15) is 9.59 Å². The Balaban J connectivity index is 1.74. The second-order valence-electron chi connectivity index (χ2n) is 6.57. The van der Waals surface area contributed by atoms with Crippen LogP contribution in [0, 0.1) is 0 Å². The van der Waals surface area contributed by atoms with E-state index >= 15 is 0 Å². The smallest absolute Gasteiger partial charge is 0.226 e. The van der Waals surface area contributed by atoms with Gasteiger partial charge in [-0.2, -0.15) is 0 Å². The second kappa shape index (κ2) is 11.9. The largest absolute Gasteiger partial charge is 0.332 e. The highest BCUT2D eigenvalue weighted by atomic mass is 32.1. The van der Waals surface area contributed by atoms with Gasteiger partial charge in [-0.1, -0.05) is 50.1 Å². The van der Waals surface area contributed by atoms with Gasteiger partial charge in [0.25, 0.3) is 0 Å². The van der Waals surface area contributed by atoms with E-state index in [1.165, 1.54) is 0 Å². The molecule has 0 saturated carbocycles. The Hall–Kier alpha value is -2.73. The molecule has 0 atom stereocenters. The van der Waals surface area contributed by atoms with E-state index < -0.39 is 0 Å². The van der Waals surface area contributed by atoms with Crippen molar-refractivity contribution < 1.29 is 9.59 Å². The Labute approximate surface area is 171 Å². The first-order valence-corrected chi connectivity index (χ1v) is 10.0. The van der Waals surface area contributed by atoms with Gasteiger partial charge in [-0.15, -0.1) is 0 Å². The van der Waals surface area contributed by atoms with Crippen LogP contribution in [0.25, 0.3) is 0 Å². The molecule has 0 aliphatic rings. The summed E-state index contributed by atoms with van der Waals surface area (Å²) in [4.78, 5) is 23.9. The molecule has 0 spiro atoms. The number of rotatable bonds is 9. The van der Waals surface area contributed by atoms with Gasteiger partial charge in [-0.05, 0) is 54.9 Å². The fourth-order valence-corrected chi connectivity index (χ4v) is 2.88. The minimum atomic E-state index is -0.0757. The zero-order valence-corrected chi connectivity index (χ0v) is 17.0. The maximum atomic E-state index is 12.1. The maximum absolute atomic E-state index is 12.1. The number of benzene rings is 2. The number of amides is 2. The molecule has 0 radical (unpaired) electrons. The van der Waals surface area contributed by atoms with Gasteiger partial charge in [-0.3, -0.25) is 9.59 Å². The van der Waals surface area contributed by atoms with E-state index in [1.54, 1.807) is 12.1 Å². The van der Waals surface area contributed by atoms with Crippen molar-refractivity contribution in [2.45, 2.75) is 45.4 Å². The standard InChI is InChI=1S/C22H27N3O2S/c1-2-3-5-10-20(26)25-22(28)24-19-14-12-18(13-15-19)23-21(27)16-11-17-8-6-4-7-9-17/h4,6-9,12-15H,2-3,5,10-11,16H2,1H3,(H,23,27)(H2,24,25,26,28). The van der Waals surface area contributed by atoms with Gasteiger partial charge in [0.15, 0.2) is 5.11 Å². The third-order valence-electron chi connectivity index (χ3n) is 4.17. The molecule has 148 valence electrons. The number of thiocarbonyl (C=S) groups is 1. The summed E-state index contributed by atoms with van der Waals surface area (Å²) >= 11 is 5.16. The second-order valence-corrected chi connectivity index (χ2v) is 6.98. The van der Waals surface area contributed by atoms with Crippen LogP contribution in [0.4, 0.5) is 11.4 Å². The molecular formula is C22H27N3O2S. The van der Waals surface area contributed by atoms with Crippen molar-refractivity contribution in [3.8, 4) is 0 Å². The van der Waals surface area contributed by atoms with Crippen molar-refractivity contribution in [2.75, 3.05) is 10.6 Å². The summed E-state index contributed by atoms with van der Waals surface area (Å²) in [7, 11) is 0. The SMILES string of the molecule is CCCCCC(=O)NC(=S)Nc1ccc(NC(=O)CCc2ccccc2)cc1. The number of anilines is 2. The monoisotopic (exact) mass is 397 g/mol. The molecule has 3 N–H and O–H groups in total. The van der Waals surface area contributed by atoms with Gasteiger partial charge in [0.05, 0.1) is 0 Å². The van der Waals surface area contributed by atoms with Gasteiger partial charge in [0, 0.05) is 24.2 Å². The van der Waals surface area contributed by atoms with Crippen LogP contribution >= 0.6 is 12.2 Å². The summed E-state index contributed by atoms with van der Waals surface area (Å²) in [6.07, 6.45) is 4.58. The first kappa shape index (κ1) is 21.6. The molecule has 28 heavy (non-hydrogen) atoms. The third-order valence-corrected chi connectivity index (χ3v) is 4.37. The normalized spacial score (nSPS) is 10.2. The quantitative estimate of drug-likeness (QED) is 0.425. The zero-order valence-electron chi connectivity index (χ0n) is 16.2. The van der Waals surface area contributed by atoms with Crippen LogP contribution in [0.15, 0.2) is 54.6 Å². The summed E-state index contributed by atoms with van der Waals surface area (Å²) in [5.41, 5.74) is 2.61. The summed E-state index contributed by atoms with van der Waals surface area (Å²) < 4.78 is 0. The van der Waals surface area contributed by atoms with Gasteiger partial charge in [0.2, 0.25) is 11.8 Å². The average Bonchev–Trinajstić information content (AvgIpc) is 2.69. The Morgan fingerprint density at radius 3 is 2.11 bits per heavy atom. The van der Waals surface area contributed by atoms with Crippen molar-refractivity contribution in [3.63, 3.8) is 0 Å². The van der Waals surface area contributed by atoms with E-state index in [2.05, 4.69) is 22.9 Å². The summed E-state index contributed by atoms with van der Waals surface area (Å²) in [5, 5.41) is 8.82. The molecule has 0 heterocycles. The average molecular weight is 398 g/mol. The van der Waals surface area contributed by atoms with Crippen molar-refractivity contribution in [1.29, 1.82) is 0 Å². The molecule has 0 aliphatic carbocycles.